The molecule has 0 aromatic heterocycles. The molecule has 1 aliphatic rings. The number of amides is 2. The van der Waals surface area contributed by atoms with E-state index in [1.165, 1.54) is 0 Å². The van der Waals surface area contributed by atoms with Crippen LogP contribution in [0.4, 0.5) is 0 Å². The Morgan fingerprint density at radius 2 is 1.55 bits per heavy atom. The van der Waals surface area contributed by atoms with E-state index < -0.39 is 12.0 Å². The zero-order valence-corrected chi connectivity index (χ0v) is 18.1. The van der Waals surface area contributed by atoms with Crippen LogP contribution in [0.3, 0.4) is 0 Å². The standard InChI is InChI=1S/C25H30N2O4/c1-18-10-9-11-19(2)27(18)23(28)17-31-24(29)16-22(20-12-5-3-6-13-20)26-25(30)21-14-7-4-8-15-21/h3-8,12-15,18-19,22H,9-11,16-17H2,1-2H3,(H,26,30)/t18-,19+,22-/m1/s1. The quantitative estimate of drug-likeness (QED) is 0.687. The molecule has 0 aliphatic carbocycles. The number of benzene rings is 2. The molecular formula is C25H30N2O4. The van der Waals surface area contributed by atoms with Crippen molar-refractivity contribution >= 4 is 17.8 Å². The number of carbonyl (C=O) groups excluding carboxylic acids is 3. The first kappa shape index (κ1) is 22.5. The minimum absolute atomic E-state index is 0.0546. The summed E-state index contributed by atoms with van der Waals surface area (Å²) >= 11 is 0. The van der Waals surface area contributed by atoms with Crippen molar-refractivity contribution in [1.82, 2.24) is 10.2 Å². The van der Waals surface area contributed by atoms with Gasteiger partial charge in [0.2, 0.25) is 0 Å². The summed E-state index contributed by atoms with van der Waals surface area (Å²) < 4.78 is 5.31. The largest absolute Gasteiger partial charge is 0.455 e. The van der Waals surface area contributed by atoms with E-state index in [1.54, 1.807) is 24.3 Å². The van der Waals surface area contributed by atoms with Gasteiger partial charge in [-0.05, 0) is 50.8 Å². The highest BCUT2D eigenvalue weighted by atomic mass is 16.5. The lowest BCUT2D eigenvalue weighted by atomic mass is 9.97. The molecule has 2 aromatic carbocycles. The zero-order chi connectivity index (χ0) is 22.2. The molecule has 1 fully saturated rings. The normalized spacial score (nSPS) is 19.4. The molecule has 0 saturated carbocycles. The van der Waals surface area contributed by atoms with Crippen molar-refractivity contribution in [1.29, 1.82) is 0 Å². The summed E-state index contributed by atoms with van der Waals surface area (Å²) in [6.07, 6.45) is 2.98. The molecule has 1 heterocycles. The second-order valence-electron chi connectivity index (χ2n) is 8.10. The monoisotopic (exact) mass is 422 g/mol. The van der Waals surface area contributed by atoms with Crippen LogP contribution in [0.5, 0.6) is 0 Å². The molecule has 0 radical (unpaired) electrons. The van der Waals surface area contributed by atoms with E-state index in [4.69, 9.17) is 4.74 Å². The maximum absolute atomic E-state index is 12.6. The first-order valence-corrected chi connectivity index (χ1v) is 10.8. The second-order valence-corrected chi connectivity index (χ2v) is 8.10. The predicted octanol–water partition coefficient (Wildman–Crippen LogP) is 3.88. The van der Waals surface area contributed by atoms with Gasteiger partial charge in [-0.25, -0.2) is 0 Å². The summed E-state index contributed by atoms with van der Waals surface area (Å²) in [7, 11) is 0. The molecule has 2 aromatic rings. The number of carbonyl (C=O) groups is 3. The summed E-state index contributed by atoms with van der Waals surface area (Å²) in [6.45, 7) is 3.78. The topological polar surface area (TPSA) is 75.7 Å². The van der Waals surface area contributed by atoms with Crippen LogP contribution in [-0.2, 0) is 14.3 Å². The van der Waals surface area contributed by atoms with Gasteiger partial charge in [-0.2, -0.15) is 0 Å². The van der Waals surface area contributed by atoms with Crippen LogP contribution in [0.15, 0.2) is 60.7 Å². The fraction of sp³-hybridized carbons (Fsp3) is 0.400. The average Bonchev–Trinajstić information content (AvgIpc) is 2.78. The Kier molecular flexibility index (Phi) is 7.82. The number of rotatable bonds is 7. The van der Waals surface area contributed by atoms with Gasteiger partial charge >= 0.3 is 5.97 Å². The SMILES string of the molecule is C[C@@H]1CCC[C@H](C)N1C(=O)COC(=O)C[C@@H](NC(=O)c1ccccc1)c1ccccc1. The highest BCUT2D eigenvalue weighted by Crippen LogP contribution is 2.23. The summed E-state index contributed by atoms with van der Waals surface area (Å²) in [6, 6.07) is 17.9. The van der Waals surface area contributed by atoms with Crippen LogP contribution in [0, 0.1) is 0 Å². The predicted molar refractivity (Wildman–Crippen MR) is 118 cm³/mol. The van der Waals surface area contributed by atoms with Crippen molar-refractivity contribution < 1.29 is 19.1 Å². The van der Waals surface area contributed by atoms with E-state index in [0.29, 0.717) is 5.56 Å². The van der Waals surface area contributed by atoms with Crippen LogP contribution in [0.1, 0.15) is 61.5 Å². The molecule has 1 saturated heterocycles. The Hall–Kier alpha value is -3.15. The molecule has 3 atom stereocenters. The number of esters is 1. The number of piperidine rings is 1. The Morgan fingerprint density at radius 3 is 2.16 bits per heavy atom. The highest BCUT2D eigenvalue weighted by molar-refractivity contribution is 5.94. The van der Waals surface area contributed by atoms with Crippen molar-refractivity contribution in [2.45, 2.75) is 57.7 Å². The van der Waals surface area contributed by atoms with Gasteiger partial charge in [0.15, 0.2) is 6.61 Å². The lowest BCUT2D eigenvalue weighted by molar-refractivity contribution is -0.155. The highest BCUT2D eigenvalue weighted by Gasteiger charge is 2.29. The molecule has 1 aliphatic heterocycles. The summed E-state index contributed by atoms with van der Waals surface area (Å²) in [5.41, 5.74) is 1.31. The molecule has 6 heteroatoms. The fourth-order valence-corrected chi connectivity index (χ4v) is 4.12. The summed E-state index contributed by atoms with van der Waals surface area (Å²) in [5.74, 6) is -0.959. The minimum atomic E-state index is -0.552. The Labute approximate surface area is 183 Å². The average molecular weight is 423 g/mol. The van der Waals surface area contributed by atoms with E-state index in [9.17, 15) is 14.4 Å². The smallest absolute Gasteiger partial charge is 0.308 e. The molecular weight excluding hydrogens is 392 g/mol. The van der Waals surface area contributed by atoms with Gasteiger partial charge in [0, 0.05) is 17.6 Å². The molecule has 3 rings (SSSR count). The van der Waals surface area contributed by atoms with Gasteiger partial charge in [-0.3, -0.25) is 14.4 Å². The van der Waals surface area contributed by atoms with Crippen molar-refractivity contribution in [3.8, 4) is 0 Å². The number of ether oxygens (including phenoxy) is 1. The van der Waals surface area contributed by atoms with Crippen molar-refractivity contribution in [3.05, 3.63) is 71.8 Å². The Bertz CT molecular complexity index is 875. The van der Waals surface area contributed by atoms with Crippen LogP contribution in [0.25, 0.3) is 0 Å². The Balaban J connectivity index is 1.62. The summed E-state index contributed by atoms with van der Waals surface area (Å²) in [5, 5.41) is 2.91. The van der Waals surface area contributed by atoms with Crippen molar-refractivity contribution in [2.75, 3.05) is 6.61 Å². The Morgan fingerprint density at radius 1 is 0.968 bits per heavy atom. The van der Waals surface area contributed by atoms with E-state index >= 15 is 0 Å². The van der Waals surface area contributed by atoms with E-state index in [0.717, 1.165) is 24.8 Å². The molecule has 164 valence electrons. The van der Waals surface area contributed by atoms with Crippen molar-refractivity contribution in [2.24, 2.45) is 0 Å². The zero-order valence-electron chi connectivity index (χ0n) is 18.1. The van der Waals surface area contributed by atoms with Gasteiger partial charge in [0.1, 0.15) is 0 Å². The van der Waals surface area contributed by atoms with E-state index in [2.05, 4.69) is 5.32 Å². The van der Waals surface area contributed by atoms with Gasteiger partial charge < -0.3 is 15.0 Å². The third-order valence-corrected chi connectivity index (χ3v) is 5.75. The fourth-order valence-electron chi connectivity index (χ4n) is 4.12. The molecule has 0 unspecified atom stereocenters. The maximum atomic E-state index is 12.6. The van der Waals surface area contributed by atoms with Crippen LogP contribution < -0.4 is 5.32 Å². The van der Waals surface area contributed by atoms with Gasteiger partial charge in [-0.1, -0.05) is 48.5 Å². The molecule has 31 heavy (non-hydrogen) atoms. The first-order chi connectivity index (χ1) is 15.0. The first-order valence-electron chi connectivity index (χ1n) is 10.8. The van der Waals surface area contributed by atoms with Gasteiger partial charge in [0.25, 0.3) is 11.8 Å². The van der Waals surface area contributed by atoms with Crippen LogP contribution >= 0.6 is 0 Å². The maximum Gasteiger partial charge on any atom is 0.308 e. The van der Waals surface area contributed by atoms with Crippen molar-refractivity contribution in [3.63, 3.8) is 0 Å². The minimum Gasteiger partial charge on any atom is -0.455 e. The van der Waals surface area contributed by atoms with Gasteiger partial charge in [-0.15, -0.1) is 0 Å². The lowest BCUT2D eigenvalue weighted by Gasteiger charge is -2.38. The van der Waals surface area contributed by atoms with Crippen LogP contribution in [0.2, 0.25) is 0 Å². The number of hydrogen-bond acceptors (Lipinski definition) is 4. The molecule has 1 N–H and O–H groups in total. The van der Waals surface area contributed by atoms with Gasteiger partial charge in [0.05, 0.1) is 12.5 Å². The van der Waals surface area contributed by atoms with E-state index in [1.807, 2.05) is 55.1 Å². The molecule has 0 spiro atoms. The second kappa shape index (κ2) is 10.8. The number of nitrogens with one attached hydrogen (secondary N) is 1. The number of nitrogens with zero attached hydrogens (tertiary/aromatic N) is 1. The summed E-state index contributed by atoms with van der Waals surface area (Å²) in [4.78, 5) is 39.6. The third-order valence-electron chi connectivity index (χ3n) is 5.75. The molecule has 0 bridgehead atoms. The van der Waals surface area contributed by atoms with E-state index in [-0.39, 0.29) is 36.9 Å². The molecule has 6 nitrogen and oxygen atoms in total. The number of likely N-dealkylation sites (tertiary alicyclic amines) is 1. The third kappa shape index (κ3) is 6.17. The molecule has 2 amide bonds. The lowest BCUT2D eigenvalue weighted by Crippen LogP contribution is -2.49. The number of hydrogen-bond donors (Lipinski definition) is 1. The van der Waals surface area contributed by atoms with Crippen LogP contribution in [-0.4, -0.2) is 41.4 Å².